The smallest absolute Gasteiger partial charge is 0.261 e. The molecule has 0 aromatic carbocycles. The van der Waals surface area contributed by atoms with Gasteiger partial charge in [0.05, 0.1) is 16.7 Å². The zero-order valence-corrected chi connectivity index (χ0v) is 14.1. The molecule has 1 unspecified atom stereocenters. The maximum Gasteiger partial charge on any atom is 0.261 e. The fourth-order valence-electron chi connectivity index (χ4n) is 2.04. The third kappa shape index (κ3) is 3.95. The van der Waals surface area contributed by atoms with Crippen LogP contribution in [0.4, 0.5) is 0 Å². The average molecular weight is 357 g/mol. The van der Waals surface area contributed by atoms with E-state index in [4.69, 9.17) is 0 Å². The number of amides is 1. The van der Waals surface area contributed by atoms with Crippen LogP contribution in [0.1, 0.15) is 27.1 Å². The van der Waals surface area contributed by atoms with Gasteiger partial charge in [-0.25, -0.2) is 9.97 Å². The topological polar surface area (TPSA) is 121 Å². The molecule has 3 N–H and O–H groups in total. The molecule has 25 heavy (non-hydrogen) atoms. The van der Waals surface area contributed by atoms with E-state index in [0.29, 0.717) is 28.4 Å². The minimum absolute atomic E-state index is 0.205. The van der Waals surface area contributed by atoms with Crippen molar-refractivity contribution in [3.8, 4) is 22.0 Å². The first-order valence-electron chi connectivity index (χ1n) is 7.46. The molecule has 0 bridgehead atoms. The van der Waals surface area contributed by atoms with Crippen LogP contribution in [0.25, 0.3) is 22.0 Å². The van der Waals surface area contributed by atoms with Crippen molar-refractivity contribution in [1.29, 1.82) is 0 Å². The second-order valence-electron chi connectivity index (χ2n) is 5.34. The number of rotatable bonds is 6. The molecule has 8 nitrogen and oxygen atoms in total. The Hall–Kier alpha value is -2.91. The first-order chi connectivity index (χ1) is 12.1. The van der Waals surface area contributed by atoms with Crippen LogP contribution >= 0.6 is 11.3 Å². The first-order valence-corrected chi connectivity index (χ1v) is 8.28. The normalized spacial score (nSPS) is 11.9. The molecule has 128 valence electrons. The molecule has 3 heterocycles. The molecule has 3 aromatic rings. The monoisotopic (exact) mass is 357 g/mol. The predicted octanol–water partition coefficient (Wildman–Crippen LogP) is 1.52. The van der Waals surface area contributed by atoms with Gasteiger partial charge in [0.1, 0.15) is 5.69 Å². The second kappa shape index (κ2) is 7.32. The third-order valence-corrected chi connectivity index (χ3v) is 4.41. The maximum absolute atomic E-state index is 12.0. The molecule has 0 fully saturated rings. The van der Waals surface area contributed by atoms with Crippen molar-refractivity contribution < 1.29 is 14.7 Å². The summed E-state index contributed by atoms with van der Waals surface area (Å²) in [6.45, 7) is 1.81. The van der Waals surface area contributed by atoms with E-state index in [1.807, 2.05) is 6.07 Å². The fraction of sp³-hybridized carbons (Fsp3) is 0.188. The number of aldehydes is 1. The summed E-state index contributed by atoms with van der Waals surface area (Å²) in [6, 6.07) is 5.10. The number of H-pyrrole nitrogens is 1. The van der Waals surface area contributed by atoms with E-state index in [1.54, 1.807) is 31.5 Å². The zero-order chi connectivity index (χ0) is 17.8. The Labute approximate surface area is 147 Å². The summed E-state index contributed by atoms with van der Waals surface area (Å²) in [5, 5.41) is 18.4. The highest BCUT2D eigenvalue weighted by Gasteiger charge is 2.12. The quantitative estimate of drug-likeness (QED) is 0.575. The number of thiophene rings is 1. The van der Waals surface area contributed by atoms with E-state index in [2.05, 4.69) is 25.5 Å². The Morgan fingerprint density at radius 2 is 2.16 bits per heavy atom. The highest BCUT2D eigenvalue weighted by molar-refractivity contribution is 7.17. The average Bonchev–Trinajstić information content (AvgIpc) is 3.29. The number of aromatic nitrogens is 4. The van der Waals surface area contributed by atoms with Gasteiger partial charge >= 0.3 is 0 Å². The number of hydrogen-bond acceptors (Lipinski definition) is 7. The van der Waals surface area contributed by atoms with Gasteiger partial charge in [-0.2, -0.15) is 5.10 Å². The Morgan fingerprint density at radius 1 is 1.40 bits per heavy atom. The van der Waals surface area contributed by atoms with Gasteiger partial charge < -0.3 is 10.4 Å². The van der Waals surface area contributed by atoms with Crippen molar-refractivity contribution in [3.05, 3.63) is 41.2 Å². The van der Waals surface area contributed by atoms with E-state index in [0.717, 1.165) is 10.4 Å². The molecule has 0 aliphatic rings. The van der Waals surface area contributed by atoms with Crippen LogP contribution < -0.4 is 5.32 Å². The predicted molar refractivity (Wildman–Crippen MR) is 92.3 cm³/mol. The summed E-state index contributed by atoms with van der Waals surface area (Å²) < 4.78 is 0. The number of hydrogen-bond donors (Lipinski definition) is 3. The van der Waals surface area contributed by atoms with Gasteiger partial charge in [-0.1, -0.05) is 0 Å². The van der Waals surface area contributed by atoms with Gasteiger partial charge in [-0.05, 0) is 25.1 Å². The number of aliphatic hydroxyl groups excluding tert-OH is 1. The first kappa shape index (κ1) is 16.9. The molecule has 3 aromatic heterocycles. The van der Waals surface area contributed by atoms with Crippen LogP contribution in [-0.2, 0) is 0 Å². The summed E-state index contributed by atoms with van der Waals surface area (Å²) in [5.74, 6) is 0.173. The van der Waals surface area contributed by atoms with Crippen molar-refractivity contribution in [1.82, 2.24) is 25.5 Å². The molecule has 0 saturated heterocycles. The number of nitrogens with zero attached hydrogens (tertiary/aromatic N) is 3. The lowest BCUT2D eigenvalue weighted by atomic mass is 10.2. The van der Waals surface area contributed by atoms with Gasteiger partial charge in [0.2, 0.25) is 0 Å². The van der Waals surface area contributed by atoms with Crippen LogP contribution in [0.5, 0.6) is 0 Å². The molecular weight excluding hydrogens is 342 g/mol. The molecule has 9 heteroatoms. The molecule has 1 amide bonds. The van der Waals surface area contributed by atoms with Gasteiger partial charge in [-0.3, -0.25) is 14.7 Å². The molecule has 0 aliphatic heterocycles. The van der Waals surface area contributed by atoms with Crippen molar-refractivity contribution in [2.75, 3.05) is 6.54 Å². The number of carbonyl (C=O) groups excluding carboxylic acids is 2. The fourth-order valence-corrected chi connectivity index (χ4v) is 2.94. The molecule has 0 saturated carbocycles. The highest BCUT2D eigenvalue weighted by atomic mass is 32.1. The Kier molecular flexibility index (Phi) is 4.96. The van der Waals surface area contributed by atoms with Gasteiger partial charge in [0.15, 0.2) is 12.1 Å². The van der Waals surface area contributed by atoms with E-state index in [9.17, 15) is 14.7 Å². The Morgan fingerprint density at radius 3 is 2.80 bits per heavy atom. The highest BCUT2D eigenvalue weighted by Crippen LogP contribution is 2.27. The van der Waals surface area contributed by atoms with Crippen LogP contribution in [0.15, 0.2) is 30.6 Å². The summed E-state index contributed by atoms with van der Waals surface area (Å²) >= 11 is 1.31. The summed E-state index contributed by atoms with van der Waals surface area (Å²) in [4.78, 5) is 32.6. The lowest BCUT2D eigenvalue weighted by Gasteiger charge is -2.05. The number of aromatic amines is 1. The van der Waals surface area contributed by atoms with Crippen molar-refractivity contribution in [2.24, 2.45) is 0 Å². The Bertz CT molecular complexity index is 885. The third-order valence-electron chi connectivity index (χ3n) is 3.28. The minimum Gasteiger partial charge on any atom is -0.392 e. The summed E-state index contributed by atoms with van der Waals surface area (Å²) in [5.41, 5.74) is 1.61. The number of carbonyl (C=O) groups is 2. The summed E-state index contributed by atoms with van der Waals surface area (Å²) in [6.07, 6.45) is 3.36. The molecule has 0 spiro atoms. The van der Waals surface area contributed by atoms with Gasteiger partial charge in [0, 0.05) is 29.4 Å². The summed E-state index contributed by atoms with van der Waals surface area (Å²) in [7, 11) is 0. The lowest BCUT2D eigenvalue weighted by molar-refractivity contribution is 0.0928. The van der Waals surface area contributed by atoms with Crippen LogP contribution in [0.3, 0.4) is 0 Å². The Balaban J connectivity index is 1.74. The molecule has 3 rings (SSSR count). The van der Waals surface area contributed by atoms with E-state index < -0.39 is 6.10 Å². The SMILES string of the molecule is CC(O)CNC(=O)c1ccc(-c2cnc(-c3cc(C=O)[nH]n3)nc2)s1. The minimum atomic E-state index is -0.592. The van der Waals surface area contributed by atoms with Gasteiger partial charge in [-0.15, -0.1) is 11.3 Å². The van der Waals surface area contributed by atoms with Crippen molar-refractivity contribution >= 4 is 23.5 Å². The second-order valence-corrected chi connectivity index (χ2v) is 6.43. The zero-order valence-electron chi connectivity index (χ0n) is 13.3. The van der Waals surface area contributed by atoms with Crippen LogP contribution in [-0.4, -0.2) is 50.1 Å². The molecule has 0 radical (unpaired) electrons. The largest absolute Gasteiger partial charge is 0.392 e. The van der Waals surface area contributed by atoms with E-state index >= 15 is 0 Å². The molecule has 0 aliphatic carbocycles. The number of aliphatic hydroxyl groups is 1. The standard InChI is InChI=1S/C16H15N5O3S/c1-9(23)5-19-16(24)14-3-2-13(25-14)10-6-17-15(18-7-10)12-4-11(8-22)20-21-12/h2-4,6-9,23H,5H2,1H3,(H,19,24)(H,20,21). The van der Waals surface area contributed by atoms with Crippen molar-refractivity contribution in [2.45, 2.75) is 13.0 Å². The van der Waals surface area contributed by atoms with Gasteiger partial charge in [0.25, 0.3) is 5.91 Å². The number of nitrogens with one attached hydrogen (secondary N) is 2. The molecular formula is C16H15N5O3S. The van der Waals surface area contributed by atoms with Crippen LogP contribution in [0.2, 0.25) is 0 Å². The maximum atomic E-state index is 12.0. The van der Waals surface area contributed by atoms with E-state index in [1.165, 1.54) is 11.3 Å². The van der Waals surface area contributed by atoms with Crippen LogP contribution in [0, 0.1) is 0 Å². The lowest BCUT2D eigenvalue weighted by Crippen LogP contribution is -2.29. The molecule has 1 atom stereocenters. The van der Waals surface area contributed by atoms with E-state index in [-0.39, 0.29) is 12.5 Å². The van der Waals surface area contributed by atoms with Crippen molar-refractivity contribution in [3.63, 3.8) is 0 Å².